The van der Waals surface area contributed by atoms with E-state index in [1.54, 1.807) is 24.3 Å². The first-order valence-corrected chi connectivity index (χ1v) is 5.99. The maximum absolute atomic E-state index is 13.0. The average molecular weight is 330 g/mol. The molecule has 0 unspecified atom stereocenters. The monoisotopic (exact) mass is 329 g/mol. The summed E-state index contributed by atoms with van der Waals surface area (Å²) in [6, 6.07) is 8.03. The summed E-state index contributed by atoms with van der Waals surface area (Å²) in [5.74, 6) is -5.14. The Kier molecular flexibility index (Phi) is 3.90. The second-order valence-corrected chi connectivity index (χ2v) is 4.54. The van der Waals surface area contributed by atoms with Crippen LogP contribution in [0.3, 0.4) is 0 Å². The highest BCUT2D eigenvalue weighted by Crippen LogP contribution is 2.22. The Bertz CT molecular complexity index is 623. The van der Waals surface area contributed by atoms with Crippen LogP contribution in [0.1, 0.15) is 10.4 Å². The number of para-hydroxylation sites is 1. The number of carbonyl (C=O) groups excluding carboxylic acids is 1. The Morgan fingerprint density at radius 2 is 1.63 bits per heavy atom. The SMILES string of the molecule is O=C(Nc1ccccc1Br)c1cc(F)c(F)c(F)c1. The molecule has 0 heterocycles. The van der Waals surface area contributed by atoms with E-state index in [9.17, 15) is 18.0 Å². The first-order chi connectivity index (χ1) is 8.99. The lowest BCUT2D eigenvalue weighted by atomic mass is 10.2. The molecular formula is C13H7BrF3NO. The first kappa shape index (κ1) is 13.6. The van der Waals surface area contributed by atoms with Gasteiger partial charge >= 0.3 is 0 Å². The van der Waals surface area contributed by atoms with Gasteiger partial charge in [0.25, 0.3) is 5.91 Å². The van der Waals surface area contributed by atoms with Gasteiger partial charge in [0.1, 0.15) is 0 Å². The highest BCUT2D eigenvalue weighted by Gasteiger charge is 2.15. The van der Waals surface area contributed by atoms with Crippen molar-refractivity contribution in [2.45, 2.75) is 0 Å². The van der Waals surface area contributed by atoms with E-state index in [1.807, 2.05) is 0 Å². The number of halogens is 4. The number of benzene rings is 2. The minimum absolute atomic E-state index is 0.299. The van der Waals surface area contributed by atoms with Crippen LogP contribution >= 0.6 is 15.9 Å². The maximum Gasteiger partial charge on any atom is 0.255 e. The van der Waals surface area contributed by atoms with Gasteiger partial charge in [0.05, 0.1) is 5.69 Å². The zero-order chi connectivity index (χ0) is 14.0. The van der Waals surface area contributed by atoms with Gasteiger partial charge in [0, 0.05) is 10.0 Å². The summed E-state index contributed by atoms with van der Waals surface area (Å²) in [4.78, 5) is 11.8. The molecule has 2 nitrogen and oxygen atoms in total. The Labute approximate surface area is 115 Å². The molecule has 0 aromatic heterocycles. The molecule has 0 bridgehead atoms. The van der Waals surface area contributed by atoms with E-state index in [-0.39, 0.29) is 5.56 Å². The van der Waals surface area contributed by atoms with Crippen molar-refractivity contribution in [2.24, 2.45) is 0 Å². The Balaban J connectivity index is 2.28. The standard InChI is InChI=1S/C13H7BrF3NO/c14-8-3-1-2-4-11(8)18-13(19)7-5-9(15)12(17)10(16)6-7/h1-6H,(H,18,19). The quantitative estimate of drug-likeness (QED) is 0.825. The molecule has 1 N–H and O–H groups in total. The van der Waals surface area contributed by atoms with Gasteiger partial charge in [-0.3, -0.25) is 4.79 Å². The van der Waals surface area contributed by atoms with Crippen molar-refractivity contribution in [3.05, 3.63) is 63.9 Å². The molecular weight excluding hydrogens is 323 g/mol. The van der Waals surface area contributed by atoms with Crippen LogP contribution in [0, 0.1) is 17.5 Å². The zero-order valence-corrected chi connectivity index (χ0v) is 11.0. The molecule has 1 amide bonds. The van der Waals surface area contributed by atoms with Crippen LogP contribution in [0.15, 0.2) is 40.9 Å². The third-order valence-electron chi connectivity index (χ3n) is 2.37. The summed E-state index contributed by atoms with van der Waals surface area (Å²) < 4.78 is 39.4. The van der Waals surface area contributed by atoms with Gasteiger partial charge in [-0.1, -0.05) is 12.1 Å². The van der Waals surface area contributed by atoms with E-state index in [1.165, 1.54) is 0 Å². The van der Waals surface area contributed by atoms with Crippen molar-refractivity contribution in [1.82, 2.24) is 0 Å². The summed E-state index contributed by atoms with van der Waals surface area (Å²) in [6.07, 6.45) is 0. The summed E-state index contributed by atoms with van der Waals surface area (Å²) in [6.45, 7) is 0. The number of amides is 1. The largest absolute Gasteiger partial charge is 0.321 e. The molecule has 0 fully saturated rings. The van der Waals surface area contributed by atoms with E-state index in [2.05, 4.69) is 21.2 Å². The third-order valence-corrected chi connectivity index (χ3v) is 3.06. The van der Waals surface area contributed by atoms with Crippen LogP contribution in [0.25, 0.3) is 0 Å². The minimum atomic E-state index is -1.60. The van der Waals surface area contributed by atoms with Crippen molar-refractivity contribution in [3.63, 3.8) is 0 Å². The molecule has 0 spiro atoms. The number of rotatable bonds is 2. The Morgan fingerprint density at radius 1 is 1.05 bits per heavy atom. The van der Waals surface area contributed by atoms with Gasteiger partial charge in [-0.25, -0.2) is 13.2 Å². The average Bonchev–Trinajstić information content (AvgIpc) is 2.38. The van der Waals surface area contributed by atoms with Crippen LogP contribution in [0.2, 0.25) is 0 Å². The van der Waals surface area contributed by atoms with Crippen molar-refractivity contribution in [2.75, 3.05) is 5.32 Å². The van der Waals surface area contributed by atoms with Gasteiger partial charge < -0.3 is 5.32 Å². The fourth-order valence-electron chi connectivity index (χ4n) is 1.44. The van der Waals surface area contributed by atoms with E-state index in [4.69, 9.17) is 0 Å². The molecule has 2 aromatic carbocycles. The highest BCUT2D eigenvalue weighted by atomic mass is 79.9. The van der Waals surface area contributed by atoms with Crippen LogP contribution in [0.4, 0.5) is 18.9 Å². The van der Waals surface area contributed by atoms with E-state index in [0.29, 0.717) is 22.3 Å². The molecule has 0 saturated carbocycles. The van der Waals surface area contributed by atoms with Crippen LogP contribution in [-0.2, 0) is 0 Å². The smallest absolute Gasteiger partial charge is 0.255 e. The second kappa shape index (κ2) is 5.44. The predicted molar refractivity (Wildman–Crippen MR) is 68.4 cm³/mol. The van der Waals surface area contributed by atoms with Crippen molar-refractivity contribution < 1.29 is 18.0 Å². The third kappa shape index (κ3) is 2.96. The minimum Gasteiger partial charge on any atom is -0.321 e. The Hall–Kier alpha value is -1.82. The number of hydrogen-bond acceptors (Lipinski definition) is 1. The van der Waals surface area contributed by atoms with Gasteiger partial charge in [0.2, 0.25) is 0 Å². The molecule has 0 radical (unpaired) electrons. The van der Waals surface area contributed by atoms with Crippen molar-refractivity contribution in [1.29, 1.82) is 0 Å². The first-order valence-electron chi connectivity index (χ1n) is 5.19. The van der Waals surface area contributed by atoms with Gasteiger partial charge in [-0.2, -0.15) is 0 Å². The molecule has 0 aliphatic rings. The van der Waals surface area contributed by atoms with Gasteiger partial charge in [0.15, 0.2) is 17.5 Å². The molecule has 0 saturated heterocycles. The second-order valence-electron chi connectivity index (χ2n) is 3.69. The predicted octanol–water partition coefficient (Wildman–Crippen LogP) is 4.12. The van der Waals surface area contributed by atoms with E-state index < -0.39 is 23.4 Å². The van der Waals surface area contributed by atoms with Crippen molar-refractivity contribution >= 4 is 27.5 Å². The van der Waals surface area contributed by atoms with Crippen LogP contribution < -0.4 is 5.32 Å². The summed E-state index contributed by atoms with van der Waals surface area (Å²) in [7, 11) is 0. The van der Waals surface area contributed by atoms with Crippen LogP contribution in [-0.4, -0.2) is 5.91 Å². The van der Waals surface area contributed by atoms with Gasteiger partial charge in [-0.05, 0) is 40.2 Å². The van der Waals surface area contributed by atoms with Gasteiger partial charge in [-0.15, -0.1) is 0 Å². The molecule has 0 aliphatic carbocycles. The zero-order valence-electron chi connectivity index (χ0n) is 9.38. The molecule has 19 heavy (non-hydrogen) atoms. The van der Waals surface area contributed by atoms with Crippen LogP contribution in [0.5, 0.6) is 0 Å². The number of nitrogens with one attached hydrogen (secondary N) is 1. The lowest BCUT2D eigenvalue weighted by molar-refractivity contribution is 0.102. The van der Waals surface area contributed by atoms with Crippen molar-refractivity contribution in [3.8, 4) is 0 Å². The number of carbonyl (C=O) groups is 1. The molecule has 0 atom stereocenters. The lowest BCUT2D eigenvalue weighted by Crippen LogP contribution is -2.13. The summed E-state index contributed by atoms with van der Waals surface area (Å²) in [5, 5.41) is 2.46. The highest BCUT2D eigenvalue weighted by molar-refractivity contribution is 9.10. The molecule has 0 aliphatic heterocycles. The number of hydrogen-bond donors (Lipinski definition) is 1. The summed E-state index contributed by atoms with van der Waals surface area (Å²) >= 11 is 3.21. The molecule has 2 rings (SSSR count). The van der Waals surface area contributed by atoms with E-state index >= 15 is 0 Å². The fourth-order valence-corrected chi connectivity index (χ4v) is 1.83. The summed E-state index contributed by atoms with van der Waals surface area (Å²) in [5.41, 5.74) is 0.143. The Morgan fingerprint density at radius 3 is 2.21 bits per heavy atom. The topological polar surface area (TPSA) is 29.1 Å². The molecule has 6 heteroatoms. The normalized spacial score (nSPS) is 10.3. The molecule has 2 aromatic rings. The van der Waals surface area contributed by atoms with E-state index in [0.717, 1.165) is 0 Å². The number of anilines is 1. The maximum atomic E-state index is 13.0. The molecule has 98 valence electrons. The fraction of sp³-hybridized carbons (Fsp3) is 0. The lowest BCUT2D eigenvalue weighted by Gasteiger charge is -2.07.